The number of sulfonamides is 1. The Labute approximate surface area is 193 Å². The molecule has 0 radical (unpaired) electrons. The summed E-state index contributed by atoms with van der Waals surface area (Å²) in [6.45, 7) is 4.00. The summed E-state index contributed by atoms with van der Waals surface area (Å²) in [5.74, 6) is 7.72. The van der Waals surface area contributed by atoms with Crippen molar-refractivity contribution in [2.45, 2.75) is 56.1 Å². The highest BCUT2D eigenvalue weighted by Crippen LogP contribution is 2.40. The molecule has 2 aliphatic rings. The minimum absolute atomic E-state index is 0.0698. The van der Waals surface area contributed by atoms with Crippen LogP contribution in [-0.4, -0.2) is 29.0 Å². The Kier molecular flexibility index (Phi) is 5.22. The third-order valence-corrected chi connectivity index (χ3v) is 6.77. The van der Waals surface area contributed by atoms with Gasteiger partial charge in [0.2, 0.25) is 21.9 Å². The first-order valence-electron chi connectivity index (χ1n) is 11.0. The van der Waals surface area contributed by atoms with Crippen LogP contribution < -0.4 is 15.2 Å². The molecule has 9 heteroatoms. The summed E-state index contributed by atoms with van der Waals surface area (Å²) < 4.78 is 29.2. The highest BCUT2D eigenvalue weighted by Gasteiger charge is 2.41. The van der Waals surface area contributed by atoms with Crippen LogP contribution in [-0.2, 0) is 10.0 Å². The first-order valence-corrected chi connectivity index (χ1v) is 12.5. The van der Waals surface area contributed by atoms with E-state index in [1.807, 2.05) is 19.1 Å². The topological polar surface area (TPSA) is 120 Å². The number of nitrogens with zero attached hydrogens (tertiary/aromatic N) is 3. The highest BCUT2D eigenvalue weighted by atomic mass is 32.2. The average Bonchev–Trinajstić information content (AvgIpc) is 3.70. The van der Waals surface area contributed by atoms with Gasteiger partial charge < -0.3 is 10.1 Å². The monoisotopic (exact) mass is 463 g/mol. The van der Waals surface area contributed by atoms with Crippen LogP contribution in [0.25, 0.3) is 11.0 Å². The van der Waals surface area contributed by atoms with Crippen molar-refractivity contribution in [3.05, 3.63) is 47.7 Å². The van der Waals surface area contributed by atoms with Crippen molar-refractivity contribution in [3.63, 3.8) is 0 Å². The third kappa shape index (κ3) is 5.07. The maximum Gasteiger partial charge on any atom is 0.246 e. The Morgan fingerprint density at radius 3 is 2.48 bits per heavy atom. The van der Waals surface area contributed by atoms with Crippen LogP contribution in [0.4, 0.5) is 5.95 Å². The molecule has 1 aromatic carbocycles. The molecule has 0 spiro atoms. The second kappa shape index (κ2) is 7.97. The normalized spacial score (nSPS) is 17.7. The molecule has 2 aromatic heterocycles. The molecule has 0 bridgehead atoms. The van der Waals surface area contributed by atoms with Crippen molar-refractivity contribution in [2.24, 2.45) is 11.1 Å². The van der Waals surface area contributed by atoms with Gasteiger partial charge in [0.05, 0.1) is 16.5 Å². The second-order valence-corrected chi connectivity index (χ2v) is 10.6. The summed E-state index contributed by atoms with van der Waals surface area (Å²) in [7, 11) is -3.73. The number of nitrogens with two attached hydrogens (primary N) is 1. The second-order valence-electron chi connectivity index (χ2n) is 8.99. The molecule has 33 heavy (non-hydrogen) atoms. The lowest BCUT2D eigenvalue weighted by atomic mass is 10.1. The molecule has 1 atom stereocenters. The van der Waals surface area contributed by atoms with E-state index >= 15 is 0 Å². The number of fused-ring (bicyclic) bond motifs is 1. The molecule has 8 nitrogen and oxygen atoms in total. The van der Waals surface area contributed by atoms with Crippen molar-refractivity contribution in [1.82, 2.24) is 15.0 Å². The number of pyridine rings is 1. The number of nitrogens with one attached hydrogen (secondary N) is 1. The predicted molar refractivity (Wildman–Crippen MR) is 125 cm³/mol. The van der Waals surface area contributed by atoms with Gasteiger partial charge in [0.25, 0.3) is 0 Å². The van der Waals surface area contributed by atoms with Gasteiger partial charge in [-0.25, -0.2) is 23.5 Å². The number of benzene rings is 1. The van der Waals surface area contributed by atoms with Gasteiger partial charge in [-0.15, -0.1) is 0 Å². The molecule has 2 saturated carbocycles. The maximum absolute atomic E-state index is 11.5. The van der Waals surface area contributed by atoms with Crippen LogP contribution in [0.2, 0.25) is 0 Å². The predicted octanol–water partition coefficient (Wildman–Crippen LogP) is 3.54. The van der Waals surface area contributed by atoms with Gasteiger partial charge in [-0.2, -0.15) is 4.98 Å². The van der Waals surface area contributed by atoms with E-state index in [9.17, 15) is 8.42 Å². The number of anilines is 1. The van der Waals surface area contributed by atoms with Crippen LogP contribution in [0.1, 0.15) is 56.8 Å². The molecule has 0 unspecified atom stereocenters. The number of ether oxygens (including phenoxy) is 1. The average molecular weight is 464 g/mol. The fraction of sp³-hybridized carbons (Fsp3) is 0.375. The van der Waals surface area contributed by atoms with Gasteiger partial charge in [-0.3, -0.25) is 0 Å². The summed E-state index contributed by atoms with van der Waals surface area (Å²) in [5, 5.41) is 8.47. The van der Waals surface area contributed by atoms with Crippen LogP contribution in [0.3, 0.4) is 0 Å². The van der Waals surface area contributed by atoms with Crippen LogP contribution in [0.5, 0.6) is 5.88 Å². The quantitative estimate of drug-likeness (QED) is 0.537. The lowest BCUT2D eigenvalue weighted by molar-refractivity contribution is 0.194. The first kappa shape index (κ1) is 21.6. The molecule has 3 N–H and O–H groups in total. The molecule has 3 aromatic rings. The van der Waals surface area contributed by atoms with E-state index in [2.05, 4.69) is 39.0 Å². The number of primary sulfonamides is 1. The van der Waals surface area contributed by atoms with Crippen molar-refractivity contribution < 1.29 is 13.2 Å². The van der Waals surface area contributed by atoms with Gasteiger partial charge >= 0.3 is 0 Å². The van der Waals surface area contributed by atoms with Crippen LogP contribution in [0, 0.1) is 17.8 Å². The number of hydrogen-bond acceptors (Lipinski definition) is 7. The molecule has 170 valence electrons. The van der Waals surface area contributed by atoms with E-state index < -0.39 is 10.0 Å². The van der Waals surface area contributed by atoms with E-state index in [1.165, 1.54) is 12.1 Å². The number of aromatic nitrogens is 3. The van der Waals surface area contributed by atoms with Gasteiger partial charge in [-0.1, -0.05) is 18.1 Å². The highest BCUT2D eigenvalue weighted by molar-refractivity contribution is 7.89. The van der Waals surface area contributed by atoms with E-state index in [0.29, 0.717) is 34.5 Å². The van der Waals surface area contributed by atoms with Crippen molar-refractivity contribution >= 4 is 27.0 Å². The minimum atomic E-state index is -3.73. The van der Waals surface area contributed by atoms with Gasteiger partial charge in [0, 0.05) is 5.92 Å². The Balaban J connectivity index is 1.45. The zero-order chi connectivity index (χ0) is 23.2. The summed E-state index contributed by atoms with van der Waals surface area (Å²) in [6.07, 6.45) is 4.26. The molecule has 2 fully saturated rings. The van der Waals surface area contributed by atoms with E-state index in [4.69, 9.17) is 9.88 Å². The van der Waals surface area contributed by atoms with Crippen LogP contribution in [0.15, 0.2) is 41.3 Å². The lowest BCUT2D eigenvalue weighted by Gasteiger charge is -2.18. The SMILES string of the molecule is C[C@@H](Nc1nc(OC2(C)CC2)c2nc(C#CC3CC3)ccc2n1)c1ccc(S(N)(=O)=O)cc1. The smallest absolute Gasteiger partial charge is 0.246 e. The summed E-state index contributed by atoms with van der Waals surface area (Å²) >= 11 is 0. The van der Waals surface area contributed by atoms with Gasteiger partial charge in [0.1, 0.15) is 11.3 Å². The Bertz CT molecular complexity index is 1390. The maximum atomic E-state index is 11.5. The Hall–Kier alpha value is -3.22. The fourth-order valence-corrected chi connectivity index (χ4v) is 3.85. The number of rotatable bonds is 6. The minimum Gasteiger partial charge on any atom is -0.470 e. The fourth-order valence-electron chi connectivity index (χ4n) is 3.33. The van der Waals surface area contributed by atoms with Crippen molar-refractivity contribution in [2.75, 3.05) is 5.32 Å². The van der Waals surface area contributed by atoms with Gasteiger partial charge in [0.15, 0.2) is 5.52 Å². The summed E-state index contributed by atoms with van der Waals surface area (Å²) in [5.41, 5.74) is 2.59. The van der Waals surface area contributed by atoms with E-state index in [1.54, 1.807) is 12.1 Å². The van der Waals surface area contributed by atoms with Gasteiger partial charge in [-0.05, 0) is 75.3 Å². The molecule has 2 aliphatic carbocycles. The largest absolute Gasteiger partial charge is 0.470 e. The summed E-state index contributed by atoms with van der Waals surface area (Å²) in [4.78, 5) is 14.0. The zero-order valence-electron chi connectivity index (χ0n) is 18.5. The molecule has 0 amide bonds. The Morgan fingerprint density at radius 1 is 1.12 bits per heavy atom. The van der Waals surface area contributed by atoms with Crippen LogP contribution >= 0.6 is 0 Å². The summed E-state index contributed by atoms with van der Waals surface area (Å²) in [6, 6.07) is 9.98. The third-order valence-electron chi connectivity index (χ3n) is 5.84. The van der Waals surface area contributed by atoms with Crippen molar-refractivity contribution in [3.8, 4) is 17.7 Å². The van der Waals surface area contributed by atoms with E-state index in [-0.39, 0.29) is 16.5 Å². The molecule has 0 aliphatic heterocycles. The molecule has 5 rings (SSSR count). The number of hydrogen-bond donors (Lipinski definition) is 2. The first-order chi connectivity index (χ1) is 15.7. The Morgan fingerprint density at radius 2 is 1.85 bits per heavy atom. The molecular weight excluding hydrogens is 438 g/mol. The lowest BCUT2D eigenvalue weighted by Crippen LogP contribution is -2.16. The van der Waals surface area contributed by atoms with E-state index in [0.717, 1.165) is 31.2 Å². The van der Waals surface area contributed by atoms with Crippen molar-refractivity contribution in [1.29, 1.82) is 0 Å². The standard InChI is InChI=1S/C24H25N5O3S/c1-15(17-6-10-19(11-7-17)33(25,30)31)26-23-28-20-12-9-18(8-5-16-3-4-16)27-21(20)22(29-23)32-24(2)13-14-24/h6-7,9-12,15-16H,3-4,13-14H2,1-2H3,(H2,25,30,31)(H,26,28,29)/t15-/m1/s1. The molecule has 2 heterocycles. The zero-order valence-corrected chi connectivity index (χ0v) is 19.3. The molecule has 0 saturated heterocycles. The molecular formula is C24H25N5O3S.